The molecule has 0 aliphatic carbocycles. The monoisotopic (exact) mass is 269 g/mol. The molecule has 1 unspecified atom stereocenters. The van der Waals surface area contributed by atoms with Crippen LogP contribution in [0.25, 0.3) is 0 Å². The molecule has 1 aliphatic heterocycles. The van der Waals surface area contributed by atoms with E-state index in [0.29, 0.717) is 13.2 Å². The number of hydrogen-bond donors (Lipinski definition) is 1. The van der Waals surface area contributed by atoms with Crippen LogP contribution in [0.5, 0.6) is 5.75 Å². The summed E-state index contributed by atoms with van der Waals surface area (Å²) in [6.07, 6.45) is 1.80. The van der Waals surface area contributed by atoms with E-state index < -0.39 is 0 Å². The van der Waals surface area contributed by atoms with Crippen molar-refractivity contribution in [2.45, 2.75) is 38.9 Å². The Balaban J connectivity index is 2.15. The Labute approximate surface area is 113 Å². The lowest BCUT2D eigenvalue weighted by molar-refractivity contribution is -0.0393. The summed E-state index contributed by atoms with van der Waals surface area (Å²) in [5, 5.41) is 0.740. The van der Waals surface area contributed by atoms with Crippen LogP contribution >= 0.6 is 11.6 Å². The first-order valence-electron chi connectivity index (χ1n) is 6.36. The van der Waals surface area contributed by atoms with Gasteiger partial charge in [-0.3, -0.25) is 0 Å². The predicted molar refractivity (Wildman–Crippen MR) is 73.2 cm³/mol. The number of halogens is 1. The Kier molecular flexibility index (Phi) is 4.15. The summed E-state index contributed by atoms with van der Waals surface area (Å²) in [5.41, 5.74) is 7.65. The third-order valence-corrected chi connectivity index (χ3v) is 3.80. The van der Waals surface area contributed by atoms with Crippen LogP contribution in [0.1, 0.15) is 31.4 Å². The maximum Gasteiger partial charge on any atom is 0.128 e. The van der Waals surface area contributed by atoms with Gasteiger partial charge in [0.05, 0.1) is 18.8 Å². The summed E-state index contributed by atoms with van der Waals surface area (Å²) >= 11 is 6.11. The van der Waals surface area contributed by atoms with Gasteiger partial charge in [-0.1, -0.05) is 18.5 Å². The van der Waals surface area contributed by atoms with Crippen LogP contribution in [0.3, 0.4) is 0 Å². The minimum Gasteiger partial charge on any atom is -0.493 e. The quantitative estimate of drug-likeness (QED) is 0.894. The van der Waals surface area contributed by atoms with Crippen molar-refractivity contribution >= 4 is 11.6 Å². The standard InChI is InChI=1S/C14H20ClNO2/c1-3-14(2,9-16)18-8-11-7-12(15)6-10-4-5-17-13(10)11/h6-7H,3-5,8-9,16H2,1-2H3. The molecule has 1 atom stereocenters. The Morgan fingerprint density at radius 3 is 2.94 bits per heavy atom. The molecule has 100 valence electrons. The first-order chi connectivity index (χ1) is 8.58. The molecule has 1 aliphatic rings. The van der Waals surface area contributed by atoms with E-state index in [1.165, 1.54) is 5.56 Å². The third-order valence-electron chi connectivity index (χ3n) is 3.58. The van der Waals surface area contributed by atoms with Crippen molar-refractivity contribution in [2.75, 3.05) is 13.2 Å². The van der Waals surface area contributed by atoms with Crippen LogP contribution < -0.4 is 10.5 Å². The molecule has 1 aromatic carbocycles. The summed E-state index contributed by atoms with van der Waals surface area (Å²) < 4.78 is 11.6. The van der Waals surface area contributed by atoms with Crippen LogP contribution in [0.15, 0.2) is 12.1 Å². The molecule has 4 heteroatoms. The molecule has 2 N–H and O–H groups in total. The van der Waals surface area contributed by atoms with E-state index in [0.717, 1.165) is 35.8 Å². The normalized spacial score (nSPS) is 17.1. The van der Waals surface area contributed by atoms with Crippen LogP contribution in [0.2, 0.25) is 5.02 Å². The minimum atomic E-state index is -0.284. The molecule has 1 aromatic rings. The van der Waals surface area contributed by atoms with Gasteiger partial charge in [0.2, 0.25) is 0 Å². The van der Waals surface area contributed by atoms with Gasteiger partial charge in [0.15, 0.2) is 0 Å². The summed E-state index contributed by atoms with van der Waals surface area (Å²) in [5.74, 6) is 0.940. The molecule has 0 bridgehead atoms. The van der Waals surface area contributed by atoms with E-state index in [2.05, 4.69) is 6.92 Å². The molecule has 0 fully saturated rings. The molecule has 2 rings (SSSR count). The molecular weight excluding hydrogens is 250 g/mol. The van der Waals surface area contributed by atoms with Crippen molar-refractivity contribution in [1.29, 1.82) is 0 Å². The fourth-order valence-corrected chi connectivity index (χ4v) is 2.27. The number of hydrogen-bond acceptors (Lipinski definition) is 3. The van der Waals surface area contributed by atoms with E-state index >= 15 is 0 Å². The molecule has 18 heavy (non-hydrogen) atoms. The zero-order valence-corrected chi connectivity index (χ0v) is 11.7. The van der Waals surface area contributed by atoms with E-state index in [9.17, 15) is 0 Å². The first kappa shape index (κ1) is 13.7. The van der Waals surface area contributed by atoms with Gasteiger partial charge in [0, 0.05) is 23.6 Å². The fourth-order valence-electron chi connectivity index (χ4n) is 2.01. The van der Waals surface area contributed by atoms with Crippen molar-refractivity contribution in [3.05, 3.63) is 28.3 Å². The molecule has 0 aromatic heterocycles. The smallest absolute Gasteiger partial charge is 0.128 e. The minimum absolute atomic E-state index is 0.284. The summed E-state index contributed by atoms with van der Waals surface area (Å²) in [4.78, 5) is 0. The second-order valence-electron chi connectivity index (χ2n) is 4.95. The van der Waals surface area contributed by atoms with Crippen molar-refractivity contribution in [3.63, 3.8) is 0 Å². The van der Waals surface area contributed by atoms with Gasteiger partial charge in [-0.25, -0.2) is 0 Å². The Morgan fingerprint density at radius 1 is 1.50 bits per heavy atom. The number of ether oxygens (including phenoxy) is 2. The average Bonchev–Trinajstić information content (AvgIpc) is 2.83. The molecule has 0 radical (unpaired) electrons. The van der Waals surface area contributed by atoms with Gasteiger partial charge in [-0.2, -0.15) is 0 Å². The van der Waals surface area contributed by atoms with Crippen LogP contribution in [0, 0.1) is 0 Å². The zero-order valence-electron chi connectivity index (χ0n) is 11.0. The molecule has 3 nitrogen and oxygen atoms in total. The Morgan fingerprint density at radius 2 is 2.28 bits per heavy atom. The van der Waals surface area contributed by atoms with Crippen molar-refractivity contribution < 1.29 is 9.47 Å². The van der Waals surface area contributed by atoms with Gasteiger partial charge in [-0.15, -0.1) is 0 Å². The topological polar surface area (TPSA) is 44.5 Å². The summed E-state index contributed by atoms with van der Waals surface area (Å²) in [7, 11) is 0. The number of benzene rings is 1. The lowest BCUT2D eigenvalue weighted by Gasteiger charge is -2.27. The SMILES string of the molecule is CCC(C)(CN)OCc1cc(Cl)cc2c1OCC2. The van der Waals surface area contributed by atoms with E-state index in [4.69, 9.17) is 26.8 Å². The Bertz CT molecular complexity index is 430. The molecule has 0 spiro atoms. The van der Waals surface area contributed by atoms with Gasteiger partial charge < -0.3 is 15.2 Å². The highest BCUT2D eigenvalue weighted by molar-refractivity contribution is 6.30. The van der Waals surface area contributed by atoms with Gasteiger partial charge in [0.1, 0.15) is 5.75 Å². The highest BCUT2D eigenvalue weighted by Gasteiger charge is 2.23. The van der Waals surface area contributed by atoms with Gasteiger partial charge in [-0.05, 0) is 31.0 Å². The van der Waals surface area contributed by atoms with Crippen LogP contribution in [-0.2, 0) is 17.8 Å². The second kappa shape index (κ2) is 5.47. The van der Waals surface area contributed by atoms with Crippen LogP contribution in [-0.4, -0.2) is 18.8 Å². The highest BCUT2D eigenvalue weighted by Crippen LogP contribution is 2.34. The molecule has 0 saturated heterocycles. The predicted octanol–water partition coefficient (Wildman–Crippen LogP) is 2.92. The number of rotatable bonds is 5. The van der Waals surface area contributed by atoms with Gasteiger partial charge >= 0.3 is 0 Å². The summed E-state index contributed by atoms with van der Waals surface area (Å²) in [6.45, 7) is 5.83. The van der Waals surface area contributed by atoms with Crippen molar-refractivity contribution in [2.24, 2.45) is 5.73 Å². The van der Waals surface area contributed by atoms with Crippen molar-refractivity contribution in [1.82, 2.24) is 0 Å². The zero-order chi connectivity index (χ0) is 13.2. The largest absolute Gasteiger partial charge is 0.493 e. The lowest BCUT2D eigenvalue weighted by atomic mass is 10.0. The number of nitrogens with two attached hydrogens (primary N) is 1. The van der Waals surface area contributed by atoms with E-state index in [1.54, 1.807) is 0 Å². The average molecular weight is 270 g/mol. The third kappa shape index (κ3) is 2.79. The van der Waals surface area contributed by atoms with E-state index in [-0.39, 0.29) is 5.60 Å². The Hall–Kier alpha value is -0.770. The fraction of sp³-hybridized carbons (Fsp3) is 0.571. The molecule has 0 amide bonds. The maximum atomic E-state index is 6.11. The molecule has 0 saturated carbocycles. The molecular formula is C14H20ClNO2. The second-order valence-corrected chi connectivity index (χ2v) is 5.38. The van der Waals surface area contributed by atoms with Gasteiger partial charge in [0.25, 0.3) is 0 Å². The maximum absolute atomic E-state index is 6.11. The molecule has 1 heterocycles. The van der Waals surface area contributed by atoms with Crippen LogP contribution in [0.4, 0.5) is 0 Å². The lowest BCUT2D eigenvalue weighted by Crippen LogP contribution is -2.36. The van der Waals surface area contributed by atoms with E-state index in [1.807, 2.05) is 19.1 Å². The highest BCUT2D eigenvalue weighted by atomic mass is 35.5. The first-order valence-corrected chi connectivity index (χ1v) is 6.74. The summed E-state index contributed by atoms with van der Waals surface area (Å²) in [6, 6.07) is 3.88. The number of fused-ring (bicyclic) bond motifs is 1. The van der Waals surface area contributed by atoms with Crippen molar-refractivity contribution in [3.8, 4) is 5.75 Å².